The molecular weight excluding hydrogens is 881 g/mol. The highest BCUT2D eigenvalue weighted by Gasteiger charge is 2.41. The maximum Gasteiger partial charge on any atom is 0.293 e. The summed E-state index contributed by atoms with van der Waals surface area (Å²) in [6, 6.07) is 10.4. The van der Waals surface area contributed by atoms with Crippen LogP contribution in [0.3, 0.4) is 0 Å². The Kier molecular flexibility index (Phi) is 14.4. The fourth-order valence-electron chi connectivity index (χ4n) is 10.2. The van der Waals surface area contributed by atoms with Gasteiger partial charge in [0.15, 0.2) is 18.2 Å². The Labute approximate surface area is 393 Å². The van der Waals surface area contributed by atoms with Crippen molar-refractivity contribution < 1.29 is 33.0 Å². The van der Waals surface area contributed by atoms with Crippen LogP contribution in [0, 0.1) is 5.82 Å². The minimum absolute atomic E-state index is 0.0884. The molecule has 0 bridgehead atoms. The number of imide groups is 1. The topological polar surface area (TPSA) is 189 Å². The smallest absolute Gasteiger partial charge is 0.293 e. The van der Waals surface area contributed by atoms with Crippen molar-refractivity contribution in [2.24, 2.45) is 0 Å². The lowest BCUT2D eigenvalue weighted by molar-refractivity contribution is -0.137. The van der Waals surface area contributed by atoms with Crippen LogP contribution in [0.15, 0.2) is 47.4 Å². The van der Waals surface area contributed by atoms with Crippen LogP contribution in [0.1, 0.15) is 123 Å². The minimum atomic E-state index is -0.709. The number of aromatic nitrogens is 3. The molecule has 2 aromatic carbocycles. The summed E-state index contributed by atoms with van der Waals surface area (Å²) >= 11 is 6.53. The number of likely N-dealkylation sites (N-methyl/N-ethyl adjacent to an activating group) is 1. The number of rotatable bonds is 11. The van der Waals surface area contributed by atoms with Gasteiger partial charge in [-0.2, -0.15) is 4.98 Å². The quantitative estimate of drug-likeness (QED) is 0.121. The monoisotopic (exact) mass is 939 g/mol. The molecule has 4 amide bonds. The first-order valence-electron chi connectivity index (χ1n) is 23.9. The van der Waals surface area contributed by atoms with E-state index in [0.717, 1.165) is 94.1 Å². The SMILES string of the molecule is CNC(=O)COc1cc2cc(Nc3nc(N4CCC(OC5CCC5)CC4)ncc3Cl)ccc2n(C2CCCCC2)c1=O.O=C1CCC(N2Cc3c(ccc(C4CCNCC4)c3F)C2=O)C(=O)N1. The molecule has 2 aliphatic carbocycles. The number of nitrogens with one attached hydrogen (secondary N) is 4. The first kappa shape index (κ1) is 46.5. The van der Waals surface area contributed by atoms with E-state index in [1.54, 1.807) is 31.4 Å². The van der Waals surface area contributed by atoms with Crippen molar-refractivity contribution in [2.75, 3.05) is 50.1 Å². The number of amides is 4. The van der Waals surface area contributed by atoms with Gasteiger partial charge in [-0.05, 0) is 119 Å². The lowest BCUT2D eigenvalue weighted by Crippen LogP contribution is -2.52. The van der Waals surface area contributed by atoms with Crippen LogP contribution in [0.5, 0.6) is 5.75 Å². The number of benzene rings is 2. The van der Waals surface area contributed by atoms with Crippen LogP contribution in [-0.2, 0) is 25.7 Å². The van der Waals surface area contributed by atoms with E-state index in [9.17, 15) is 24.0 Å². The first-order valence-corrected chi connectivity index (χ1v) is 24.3. The van der Waals surface area contributed by atoms with Crippen LogP contribution in [0.2, 0.25) is 5.02 Å². The number of hydrogen-bond acceptors (Lipinski definition) is 12. The molecule has 67 heavy (non-hydrogen) atoms. The summed E-state index contributed by atoms with van der Waals surface area (Å²) in [5, 5.41) is 12.7. The van der Waals surface area contributed by atoms with E-state index in [0.29, 0.717) is 45.7 Å². The number of fused-ring (bicyclic) bond motifs is 2. The lowest BCUT2D eigenvalue weighted by Gasteiger charge is -2.36. The fourth-order valence-corrected chi connectivity index (χ4v) is 10.3. The van der Waals surface area contributed by atoms with E-state index >= 15 is 4.39 Å². The zero-order valence-corrected chi connectivity index (χ0v) is 38.7. The molecule has 2 aromatic heterocycles. The number of carbonyl (C=O) groups is 4. The fraction of sp³-hybridized carbons (Fsp3) is 0.531. The van der Waals surface area contributed by atoms with Gasteiger partial charge in [0.2, 0.25) is 17.8 Å². The summed E-state index contributed by atoms with van der Waals surface area (Å²) in [6.07, 6.45) is 15.4. The van der Waals surface area contributed by atoms with Crippen molar-refractivity contribution in [3.05, 3.63) is 80.5 Å². The van der Waals surface area contributed by atoms with Gasteiger partial charge in [-0.25, -0.2) is 9.37 Å². The number of ether oxygens (including phenoxy) is 2. The lowest BCUT2D eigenvalue weighted by atomic mass is 9.88. The second-order valence-corrected chi connectivity index (χ2v) is 18.9. The number of anilines is 3. The van der Waals surface area contributed by atoms with Crippen LogP contribution < -0.4 is 36.5 Å². The van der Waals surface area contributed by atoms with Crippen molar-refractivity contribution in [1.82, 2.24) is 35.4 Å². The predicted molar refractivity (Wildman–Crippen MR) is 251 cm³/mol. The number of nitrogens with zero attached hydrogens (tertiary/aromatic N) is 5. The Morgan fingerprint density at radius 3 is 2.39 bits per heavy atom. The maximum absolute atomic E-state index is 15.1. The molecule has 10 rings (SSSR count). The number of piperidine rings is 3. The summed E-state index contributed by atoms with van der Waals surface area (Å²) in [6.45, 7) is 3.27. The van der Waals surface area contributed by atoms with E-state index < -0.39 is 11.9 Å². The molecule has 4 aromatic rings. The minimum Gasteiger partial charge on any atom is -0.478 e. The molecule has 4 aliphatic heterocycles. The van der Waals surface area contributed by atoms with Gasteiger partial charge >= 0.3 is 0 Å². The molecule has 6 aliphatic rings. The third-order valence-electron chi connectivity index (χ3n) is 14.2. The maximum atomic E-state index is 15.1. The van der Waals surface area contributed by atoms with Crippen molar-refractivity contribution >= 4 is 63.6 Å². The van der Waals surface area contributed by atoms with Gasteiger partial charge in [-0.1, -0.05) is 36.9 Å². The van der Waals surface area contributed by atoms with E-state index in [4.69, 9.17) is 26.1 Å². The van der Waals surface area contributed by atoms with Gasteiger partial charge < -0.3 is 39.8 Å². The standard InChI is InChI=1S/C31H39ClN6O4.C18H20FN3O3/c1-33-28(39)19-41-27-17-20-16-21(10-11-26(20)38(30(27)40)22-6-3-2-4-7-22)35-29-25(32)18-34-31(36-29)37-14-12-24(13-15-37)42-23-8-5-9-23;19-16-11(10-5-7-20-8-6-10)1-2-12-13(16)9-22(18(12)25)14-3-4-15(23)21-17(14)24/h10-11,16-18,22-24H,2-9,12-15,19H2,1H3,(H,33,39)(H,34,35,36);1-2,10,14,20H,3-9H2,(H,21,23,24). The van der Waals surface area contributed by atoms with E-state index in [1.165, 1.54) is 30.6 Å². The number of pyridine rings is 1. The molecule has 0 spiro atoms. The second-order valence-electron chi connectivity index (χ2n) is 18.5. The molecule has 1 atom stereocenters. The Hall–Kier alpha value is -5.65. The third kappa shape index (κ3) is 10.3. The van der Waals surface area contributed by atoms with E-state index in [-0.39, 0.29) is 72.8 Å². The van der Waals surface area contributed by atoms with Gasteiger partial charge in [-0.15, -0.1) is 0 Å². The highest BCUT2D eigenvalue weighted by Crippen LogP contribution is 2.37. The molecule has 4 N–H and O–H groups in total. The molecule has 3 saturated heterocycles. The Morgan fingerprint density at radius 2 is 1.67 bits per heavy atom. The van der Waals surface area contributed by atoms with Gasteiger partial charge in [0, 0.05) is 54.8 Å². The van der Waals surface area contributed by atoms with Gasteiger partial charge in [0.1, 0.15) is 16.9 Å². The van der Waals surface area contributed by atoms with Crippen LogP contribution in [0.25, 0.3) is 10.9 Å². The summed E-state index contributed by atoms with van der Waals surface area (Å²) < 4.78 is 28.8. The van der Waals surface area contributed by atoms with Crippen LogP contribution >= 0.6 is 11.6 Å². The molecule has 1 unspecified atom stereocenters. The summed E-state index contributed by atoms with van der Waals surface area (Å²) in [5.74, 6) is -0.258. The van der Waals surface area contributed by atoms with Crippen molar-refractivity contribution in [3.63, 3.8) is 0 Å². The Bertz CT molecular complexity index is 2570. The molecule has 5 fully saturated rings. The average Bonchev–Trinajstić information content (AvgIpc) is 3.67. The zero-order valence-electron chi connectivity index (χ0n) is 37.9. The highest BCUT2D eigenvalue weighted by molar-refractivity contribution is 6.33. The summed E-state index contributed by atoms with van der Waals surface area (Å²) in [5.41, 5.74) is 2.78. The number of halogens is 2. The predicted octanol–water partition coefficient (Wildman–Crippen LogP) is 6.41. The van der Waals surface area contributed by atoms with E-state index in [2.05, 4.69) is 31.2 Å². The van der Waals surface area contributed by atoms with Crippen molar-refractivity contribution in [3.8, 4) is 5.75 Å². The summed E-state index contributed by atoms with van der Waals surface area (Å²) in [7, 11) is 1.54. The normalized spacial score (nSPS) is 20.8. The highest BCUT2D eigenvalue weighted by atomic mass is 35.5. The van der Waals surface area contributed by atoms with Gasteiger partial charge in [-0.3, -0.25) is 29.3 Å². The molecule has 356 valence electrons. The number of hydrogen-bond donors (Lipinski definition) is 4. The van der Waals surface area contributed by atoms with Crippen molar-refractivity contribution in [1.29, 1.82) is 0 Å². The first-order chi connectivity index (χ1) is 32.5. The molecule has 16 nitrogen and oxygen atoms in total. The molecule has 0 radical (unpaired) electrons. The van der Waals surface area contributed by atoms with E-state index in [1.807, 2.05) is 22.8 Å². The van der Waals surface area contributed by atoms with Gasteiger partial charge in [0.25, 0.3) is 17.4 Å². The largest absolute Gasteiger partial charge is 0.478 e. The Morgan fingerprint density at radius 1 is 0.910 bits per heavy atom. The van der Waals surface area contributed by atoms with Crippen LogP contribution in [-0.4, -0.2) is 101 Å². The zero-order chi connectivity index (χ0) is 46.6. The molecule has 2 saturated carbocycles. The average molecular weight is 941 g/mol. The number of carbonyl (C=O) groups excluding carboxylic acids is 4. The molecule has 6 heterocycles. The summed E-state index contributed by atoms with van der Waals surface area (Å²) in [4.78, 5) is 74.3. The Balaban J connectivity index is 0.000000191. The second kappa shape index (κ2) is 20.7. The van der Waals surface area contributed by atoms with Crippen LogP contribution in [0.4, 0.5) is 21.8 Å². The van der Waals surface area contributed by atoms with Gasteiger partial charge in [0.05, 0.1) is 30.5 Å². The van der Waals surface area contributed by atoms with Crippen molar-refractivity contribution in [2.45, 2.75) is 127 Å². The molecule has 18 heteroatoms. The molecular formula is C49H59ClFN9O7. The third-order valence-corrected chi connectivity index (χ3v) is 14.5.